The van der Waals surface area contributed by atoms with E-state index in [0.29, 0.717) is 5.75 Å². The molecule has 0 unspecified atom stereocenters. The fourth-order valence-corrected chi connectivity index (χ4v) is 2.19. The fraction of sp³-hybridized carbons (Fsp3) is 0.500. The second kappa shape index (κ2) is 16.8. The zero-order valence-corrected chi connectivity index (χ0v) is 14.1. The van der Waals surface area contributed by atoms with Gasteiger partial charge in [-0.05, 0) is 37.9 Å². The van der Waals surface area contributed by atoms with Gasteiger partial charge in [-0.15, -0.1) is 11.8 Å². The first-order valence-electron chi connectivity index (χ1n) is 7.55. The van der Waals surface area contributed by atoms with Crippen molar-refractivity contribution in [2.75, 3.05) is 18.6 Å². The number of carbonyl (C=O) groups is 1. The van der Waals surface area contributed by atoms with Crippen LogP contribution in [0.25, 0.3) is 0 Å². The van der Waals surface area contributed by atoms with Crippen LogP contribution in [0.15, 0.2) is 48.6 Å². The quantitative estimate of drug-likeness (QED) is 0.285. The summed E-state index contributed by atoms with van der Waals surface area (Å²) in [6, 6.07) is 0. The van der Waals surface area contributed by atoms with Crippen molar-refractivity contribution >= 4 is 17.7 Å². The summed E-state index contributed by atoms with van der Waals surface area (Å²) in [6.45, 7) is 2.15. The van der Waals surface area contributed by atoms with Crippen molar-refractivity contribution in [3.63, 3.8) is 0 Å². The van der Waals surface area contributed by atoms with Crippen LogP contribution in [0.4, 0.5) is 0 Å². The highest BCUT2D eigenvalue weighted by Crippen LogP contribution is 2.04. The summed E-state index contributed by atoms with van der Waals surface area (Å²) in [4.78, 5) is 10.9. The Balaban J connectivity index is 3.40. The molecular formula is C18H28O2S. The number of thioether (sulfide) groups is 1. The molecule has 0 radical (unpaired) electrons. The summed E-state index contributed by atoms with van der Waals surface area (Å²) >= 11 is 1.61. The zero-order valence-electron chi connectivity index (χ0n) is 13.3. The molecular weight excluding hydrogens is 280 g/mol. The number of methoxy groups -OCH3 is 1. The molecule has 0 bridgehead atoms. The SMILES string of the molecule is CCC=CCC=CCC=CCC=CCCSCC(=O)OC. The highest BCUT2D eigenvalue weighted by molar-refractivity contribution is 7.99. The topological polar surface area (TPSA) is 26.3 Å². The summed E-state index contributed by atoms with van der Waals surface area (Å²) in [5.74, 6) is 1.26. The maximum absolute atomic E-state index is 10.9. The third-order valence-corrected chi connectivity index (χ3v) is 3.56. The van der Waals surface area contributed by atoms with Gasteiger partial charge in [0.15, 0.2) is 0 Å². The summed E-state index contributed by atoms with van der Waals surface area (Å²) in [5.41, 5.74) is 0. The van der Waals surface area contributed by atoms with Gasteiger partial charge in [0.1, 0.15) is 0 Å². The first-order chi connectivity index (χ1) is 10.3. The molecule has 0 aliphatic rings. The first-order valence-corrected chi connectivity index (χ1v) is 8.71. The largest absolute Gasteiger partial charge is 0.468 e. The molecule has 0 aromatic heterocycles. The van der Waals surface area contributed by atoms with Crippen LogP contribution in [0.2, 0.25) is 0 Å². The number of rotatable bonds is 12. The second-order valence-corrected chi connectivity index (χ2v) is 5.52. The Morgan fingerprint density at radius 1 is 0.905 bits per heavy atom. The number of ether oxygens (including phenoxy) is 1. The lowest BCUT2D eigenvalue weighted by atomic mass is 10.2. The Kier molecular flexibility index (Phi) is 15.9. The Morgan fingerprint density at radius 2 is 1.43 bits per heavy atom. The molecule has 0 aromatic carbocycles. The van der Waals surface area contributed by atoms with Crippen molar-refractivity contribution < 1.29 is 9.53 Å². The van der Waals surface area contributed by atoms with Crippen LogP contribution in [0, 0.1) is 0 Å². The summed E-state index contributed by atoms with van der Waals surface area (Å²) in [5, 5.41) is 0. The van der Waals surface area contributed by atoms with E-state index in [9.17, 15) is 4.79 Å². The molecule has 0 aliphatic carbocycles. The van der Waals surface area contributed by atoms with Gasteiger partial charge in [0.05, 0.1) is 12.9 Å². The lowest BCUT2D eigenvalue weighted by Gasteiger charge is -1.96. The minimum atomic E-state index is -0.148. The molecule has 0 rings (SSSR count). The molecule has 0 amide bonds. The lowest BCUT2D eigenvalue weighted by molar-refractivity contribution is -0.137. The highest BCUT2D eigenvalue weighted by atomic mass is 32.2. The molecule has 2 nitrogen and oxygen atoms in total. The maximum atomic E-state index is 10.9. The molecule has 0 spiro atoms. The van der Waals surface area contributed by atoms with E-state index >= 15 is 0 Å². The number of hydrogen-bond donors (Lipinski definition) is 0. The smallest absolute Gasteiger partial charge is 0.315 e. The van der Waals surface area contributed by atoms with E-state index < -0.39 is 0 Å². The van der Waals surface area contributed by atoms with E-state index in [2.05, 4.69) is 60.3 Å². The average Bonchev–Trinajstić information content (AvgIpc) is 2.50. The van der Waals surface area contributed by atoms with Gasteiger partial charge in [0, 0.05) is 0 Å². The predicted octanol–water partition coefficient (Wildman–Crippen LogP) is 5.09. The molecule has 0 fully saturated rings. The standard InChI is InChI=1S/C18H28O2S/c1-3-4-5-6-7-8-9-10-11-12-13-14-15-16-21-17-18(19)20-2/h4-5,7-8,10-11,13-14H,3,6,9,12,15-17H2,1-2H3. The molecule has 21 heavy (non-hydrogen) atoms. The van der Waals surface area contributed by atoms with Crippen molar-refractivity contribution in [1.29, 1.82) is 0 Å². The number of hydrogen-bond acceptors (Lipinski definition) is 3. The van der Waals surface area contributed by atoms with Gasteiger partial charge >= 0.3 is 5.97 Å². The van der Waals surface area contributed by atoms with Gasteiger partial charge < -0.3 is 4.74 Å². The third-order valence-electron chi connectivity index (χ3n) is 2.60. The molecule has 0 saturated carbocycles. The van der Waals surface area contributed by atoms with E-state index in [4.69, 9.17) is 0 Å². The summed E-state index contributed by atoms with van der Waals surface area (Å²) in [6.07, 6.45) is 22.6. The third kappa shape index (κ3) is 16.7. The van der Waals surface area contributed by atoms with Crippen LogP contribution >= 0.6 is 11.8 Å². The van der Waals surface area contributed by atoms with Crippen LogP contribution in [0.5, 0.6) is 0 Å². The van der Waals surface area contributed by atoms with E-state index in [1.54, 1.807) is 11.8 Å². The van der Waals surface area contributed by atoms with Crippen LogP contribution < -0.4 is 0 Å². The minimum absolute atomic E-state index is 0.148. The van der Waals surface area contributed by atoms with Crippen molar-refractivity contribution in [1.82, 2.24) is 0 Å². The predicted molar refractivity (Wildman–Crippen MR) is 94.7 cm³/mol. The summed E-state index contributed by atoms with van der Waals surface area (Å²) < 4.78 is 4.57. The molecule has 3 heteroatoms. The highest BCUT2D eigenvalue weighted by Gasteiger charge is 1.97. The Labute approximate surface area is 134 Å². The Morgan fingerprint density at radius 3 is 1.95 bits per heavy atom. The van der Waals surface area contributed by atoms with Crippen molar-refractivity contribution in [2.24, 2.45) is 0 Å². The van der Waals surface area contributed by atoms with Crippen molar-refractivity contribution in [3.05, 3.63) is 48.6 Å². The lowest BCUT2D eigenvalue weighted by Crippen LogP contribution is -2.03. The monoisotopic (exact) mass is 308 g/mol. The second-order valence-electron chi connectivity index (χ2n) is 4.42. The van der Waals surface area contributed by atoms with Crippen molar-refractivity contribution in [3.8, 4) is 0 Å². The molecule has 0 aliphatic heterocycles. The van der Waals surface area contributed by atoms with E-state index in [-0.39, 0.29) is 5.97 Å². The normalized spacial score (nSPS) is 12.3. The number of esters is 1. The average molecular weight is 308 g/mol. The van der Waals surface area contributed by atoms with Gasteiger partial charge in [-0.2, -0.15) is 0 Å². The van der Waals surface area contributed by atoms with Crippen LogP contribution in [0.1, 0.15) is 39.0 Å². The first kappa shape index (κ1) is 19.8. The Hall–Kier alpha value is -1.22. The minimum Gasteiger partial charge on any atom is -0.468 e. The Bertz CT molecular complexity index is 354. The number of carbonyl (C=O) groups excluding carboxylic acids is 1. The number of allylic oxidation sites excluding steroid dienone is 8. The van der Waals surface area contributed by atoms with Gasteiger partial charge in [-0.25, -0.2) is 0 Å². The van der Waals surface area contributed by atoms with Gasteiger partial charge in [0.25, 0.3) is 0 Å². The molecule has 0 saturated heterocycles. The fourth-order valence-electron chi connectivity index (χ4n) is 1.46. The van der Waals surface area contributed by atoms with Gasteiger partial charge in [-0.1, -0.05) is 55.5 Å². The molecule has 118 valence electrons. The molecule has 0 heterocycles. The van der Waals surface area contributed by atoms with Gasteiger partial charge in [0.2, 0.25) is 0 Å². The van der Waals surface area contributed by atoms with Crippen LogP contribution in [-0.2, 0) is 9.53 Å². The van der Waals surface area contributed by atoms with E-state index in [1.807, 2.05) is 0 Å². The zero-order chi connectivity index (χ0) is 15.6. The molecule has 0 N–H and O–H groups in total. The molecule has 0 atom stereocenters. The van der Waals surface area contributed by atoms with Crippen LogP contribution in [0.3, 0.4) is 0 Å². The molecule has 0 aromatic rings. The van der Waals surface area contributed by atoms with E-state index in [0.717, 1.165) is 37.9 Å². The maximum Gasteiger partial charge on any atom is 0.315 e. The van der Waals surface area contributed by atoms with Crippen LogP contribution in [-0.4, -0.2) is 24.6 Å². The van der Waals surface area contributed by atoms with Crippen molar-refractivity contribution in [2.45, 2.75) is 39.0 Å². The van der Waals surface area contributed by atoms with Gasteiger partial charge in [-0.3, -0.25) is 4.79 Å². The van der Waals surface area contributed by atoms with E-state index in [1.165, 1.54) is 7.11 Å². The summed E-state index contributed by atoms with van der Waals surface area (Å²) in [7, 11) is 1.42.